The third-order valence-corrected chi connectivity index (χ3v) is 8.36. The minimum Gasteiger partial charge on any atom is -0.0594 e. The highest BCUT2D eigenvalue weighted by molar-refractivity contribution is 5.06. The molecule has 0 aliphatic heterocycles. The summed E-state index contributed by atoms with van der Waals surface area (Å²) in [6.07, 6.45) is 17.1. The number of hydrogen-bond donors (Lipinski definition) is 0. The first-order chi connectivity index (χ1) is 9.13. The lowest BCUT2D eigenvalue weighted by atomic mass is 9.45. The minimum absolute atomic E-state index is 0.741. The van der Waals surface area contributed by atoms with Crippen LogP contribution in [0, 0.1) is 34.5 Å². The Morgan fingerprint density at radius 3 is 2.47 bits per heavy atom. The molecule has 0 spiro atoms. The molecule has 0 nitrogen and oxygen atoms in total. The largest absolute Gasteiger partial charge is 0.0594 e. The zero-order valence-electron chi connectivity index (χ0n) is 13.1. The fraction of sp³-hybridized carbons (Fsp3) is 1.00. The van der Waals surface area contributed by atoms with Gasteiger partial charge >= 0.3 is 0 Å². The van der Waals surface area contributed by atoms with Crippen molar-refractivity contribution in [3.63, 3.8) is 0 Å². The molecule has 1 unspecified atom stereocenters. The molecular formula is C19H32. The fourth-order valence-corrected chi connectivity index (χ4v) is 7.29. The lowest BCUT2D eigenvalue weighted by Crippen LogP contribution is -2.51. The Balaban J connectivity index is 1.64. The van der Waals surface area contributed by atoms with E-state index >= 15 is 0 Å². The highest BCUT2D eigenvalue weighted by atomic mass is 14.6. The van der Waals surface area contributed by atoms with E-state index in [0.717, 1.165) is 34.5 Å². The van der Waals surface area contributed by atoms with E-state index in [1.54, 1.807) is 51.4 Å². The van der Waals surface area contributed by atoms with Gasteiger partial charge in [0.2, 0.25) is 0 Å². The SMILES string of the molecule is C[C@@]12CCC[C@@H]1[C@H]1CCC3CCCC[C@]3(C)[C@H]1CC2. The van der Waals surface area contributed by atoms with Crippen LogP contribution in [0.25, 0.3) is 0 Å². The molecule has 0 saturated heterocycles. The molecule has 4 aliphatic carbocycles. The standard InChI is InChI=1S/C19H32/c1-18-11-5-7-16(18)15-9-8-14-6-3-4-12-19(14,2)17(15)10-13-18/h14-17H,3-13H2,1-2H3/t14?,15-,16-,17+,18+,19+/m1/s1. The van der Waals surface area contributed by atoms with Gasteiger partial charge in [0, 0.05) is 0 Å². The van der Waals surface area contributed by atoms with Gasteiger partial charge in [-0.05, 0) is 85.9 Å². The van der Waals surface area contributed by atoms with Crippen LogP contribution < -0.4 is 0 Å². The van der Waals surface area contributed by atoms with Crippen LogP contribution in [0.15, 0.2) is 0 Å². The topological polar surface area (TPSA) is 0 Å². The van der Waals surface area contributed by atoms with E-state index in [1.807, 2.05) is 0 Å². The Bertz CT molecular complexity index is 359. The van der Waals surface area contributed by atoms with Crippen LogP contribution in [0.3, 0.4) is 0 Å². The minimum atomic E-state index is 0.741. The van der Waals surface area contributed by atoms with Crippen LogP contribution in [0.5, 0.6) is 0 Å². The molecule has 19 heavy (non-hydrogen) atoms. The molecule has 0 amide bonds. The molecule has 0 aromatic heterocycles. The first kappa shape index (κ1) is 12.7. The third kappa shape index (κ3) is 1.70. The van der Waals surface area contributed by atoms with Crippen molar-refractivity contribution >= 4 is 0 Å². The van der Waals surface area contributed by atoms with E-state index in [-0.39, 0.29) is 0 Å². The maximum absolute atomic E-state index is 2.70. The third-order valence-electron chi connectivity index (χ3n) is 8.36. The van der Waals surface area contributed by atoms with E-state index < -0.39 is 0 Å². The normalized spacial score (nSPS) is 57.2. The lowest BCUT2D eigenvalue weighted by molar-refractivity contribution is -0.103. The molecule has 0 N–H and O–H groups in total. The molecule has 4 rings (SSSR count). The fourth-order valence-electron chi connectivity index (χ4n) is 7.29. The Morgan fingerprint density at radius 1 is 0.684 bits per heavy atom. The van der Waals surface area contributed by atoms with Crippen LogP contribution in [0.2, 0.25) is 0 Å². The molecule has 4 aliphatic rings. The van der Waals surface area contributed by atoms with Crippen molar-refractivity contribution in [3.05, 3.63) is 0 Å². The molecule has 108 valence electrons. The van der Waals surface area contributed by atoms with E-state index in [0.29, 0.717) is 0 Å². The predicted molar refractivity (Wildman–Crippen MR) is 81.0 cm³/mol. The average molecular weight is 260 g/mol. The van der Waals surface area contributed by atoms with Crippen LogP contribution in [-0.2, 0) is 0 Å². The van der Waals surface area contributed by atoms with Crippen LogP contribution in [0.4, 0.5) is 0 Å². The molecule has 6 atom stereocenters. The highest BCUT2D eigenvalue weighted by Gasteiger charge is 2.56. The molecule has 4 fully saturated rings. The van der Waals surface area contributed by atoms with Gasteiger partial charge in [0.25, 0.3) is 0 Å². The van der Waals surface area contributed by atoms with Gasteiger partial charge in [-0.3, -0.25) is 0 Å². The van der Waals surface area contributed by atoms with Crippen molar-refractivity contribution in [2.24, 2.45) is 34.5 Å². The van der Waals surface area contributed by atoms with E-state index in [1.165, 1.54) is 19.3 Å². The van der Waals surface area contributed by atoms with Crippen molar-refractivity contribution < 1.29 is 0 Å². The van der Waals surface area contributed by atoms with Gasteiger partial charge < -0.3 is 0 Å². The smallest absolute Gasteiger partial charge is 0.0266 e. The van der Waals surface area contributed by atoms with E-state index in [9.17, 15) is 0 Å². The molecule has 0 heterocycles. The Labute approximate surface area is 119 Å². The average Bonchev–Trinajstić information content (AvgIpc) is 2.79. The number of hydrogen-bond acceptors (Lipinski definition) is 0. The van der Waals surface area contributed by atoms with Gasteiger partial charge in [-0.25, -0.2) is 0 Å². The molecule has 0 bridgehead atoms. The monoisotopic (exact) mass is 260 g/mol. The molecule has 4 saturated carbocycles. The summed E-state index contributed by atoms with van der Waals surface area (Å²) in [5.41, 5.74) is 1.49. The predicted octanol–water partition coefficient (Wildman–Crippen LogP) is 5.81. The van der Waals surface area contributed by atoms with Crippen LogP contribution in [0.1, 0.15) is 84.5 Å². The van der Waals surface area contributed by atoms with Gasteiger partial charge in [0.15, 0.2) is 0 Å². The van der Waals surface area contributed by atoms with Gasteiger partial charge in [0.05, 0.1) is 0 Å². The Morgan fingerprint density at radius 2 is 1.58 bits per heavy atom. The number of rotatable bonds is 0. The second-order valence-electron chi connectivity index (χ2n) is 8.99. The first-order valence-corrected chi connectivity index (χ1v) is 9.13. The molecule has 0 aromatic carbocycles. The maximum Gasteiger partial charge on any atom is -0.0266 e. The number of fused-ring (bicyclic) bond motifs is 5. The second kappa shape index (κ2) is 4.25. The van der Waals surface area contributed by atoms with Gasteiger partial charge in [-0.15, -0.1) is 0 Å². The molecule has 0 heteroatoms. The molecule has 0 radical (unpaired) electrons. The summed E-state index contributed by atoms with van der Waals surface area (Å²) in [5, 5.41) is 0. The summed E-state index contributed by atoms with van der Waals surface area (Å²) >= 11 is 0. The zero-order chi connectivity index (χ0) is 13.1. The summed E-state index contributed by atoms with van der Waals surface area (Å²) in [7, 11) is 0. The summed E-state index contributed by atoms with van der Waals surface area (Å²) < 4.78 is 0. The summed E-state index contributed by atoms with van der Waals surface area (Å²) in [6.45, 7) is 5.33. The zero-order valence-corrected chi connectivity index (χ0v) is 13.1. The molecule has 0 aromatic rings. The van der Waals surface area contributed by atoms with E-state index in [4.69, 9.17) is 0 Å². The molecular weight excluding hydrogens is 228 g/mol. The van der Waals surface area contributed by atoms with Gasteiger partial charge in [0.1, 0.15) is 0 Å². The van der Waals surface area contributed by atoms with Crippen LogP contribution in [-0.4, -0.2) is 0 Å². The highest BCUT2D eigenvalue weighted by Crippen LogP contribution is 2.66. The summed E-state index contributed by atoms with van der Waals surface area (Å²) in [5.74, 6) is 4.41. The Hall–Kier alpha value is 0. The van der Waals surface area contributed by atoms with E-state index in [2.05, 4.69) is 13.8 Å². The summed E-state index contributed by atoms with van der Waals surface area (Å²) in [4.78, 5) is 0. The van der Waals surface area contributed by atoms with Crippen molar-refractivity contribution in [1.29, 1.82) is 0 Å². The maximum atomic E-state index is 2.70. The first-order valence-electron chi connectivity index (χ1n) is 9.13. The quantitative estimate of drug-likeness (QED) is 0.515. The van der Waals surface area contributed by atoms with Crippen LogP contribution >= 0.6 is 0 Å². The van der Waals surface area contributed by atoms with Gasteiger partial charge in [-0.2, -0.15) is 0 Å². The van der Waals surface area contributed by atoms with Crippen molar-refractivity contribution in [1.82, 2.24) is 0 Å². The van der Waals surface area contributed by atoms with Crippen molar-refractivity contribution in [2.45, 2.75) is 84.5 Å². The Kier molecular flexibility index (Phi) is 2.84. The summed E-state index contributed by atoms with van der Waals surface area (Å²) in [6, 6.07) is 0. The van der Waals surface area contributed by atoms with Gasteiger partial charge in [-0.1, -0.05) is 33.1 Å². The van der Waals surface area contributed by atoms with Crippen molar-refractivity contribution in [2.75, 3.05) is 0 Å². The van der Waals surface area contributed by atoms with Crippen molar-refractivity contribution in [3.8, 4) is 0 Å². The second-order valence-corrected chi connectivity index (χ2v) is 8.99. The lowest BCUT2D eigenvalue weighted by Gasteiger charge is -2.60.